The Hall–Kier alpha value is -0.860. The highest BCUT2D eigenvalue weighted by Gasteiger charge is 2.31. The van der Waals surface area contributed by atoms with Crippen molar-refractivity contribution in [1.29, 1.82) is 0 Å². The predicted octanol–water partition coefficient (Wildman–Crippen LogP) is -0.956. The third-order valence-corrected chi connectivity index (χ3v) is 3.39. The molecule has 1 aliphatic rings. The van der Waals surface area contributed by atoms with Crippen LogP contribution in [0.25, 0.3) is 0 Å². The summed E-state index contributed by atoms with van der Waals surface area (Å²) in [5, 5.41) is 9.15. The van der Waals surface area contributed by atoms with Crippen molar-refractivity contribution in [2.24, 2.45) is 0 Å². The Labute approximate surface area is 88.2 Å². The predicted molar refractivity (Wildman–Crippen MR) is 51.3 cm³/mol. The summed E-state index contributed by atoms with van der Waals surface area (Å²) in [6.07, 6.45) is -1.29. The Morgan fingerprint density at radius 3 is 2.80 bits per heavy atom. The molecule has 0 saturated carbocycles. The van der Waals surface area contributed by atoms with Gasteiger partial charge in [0.15, 0.2) is 0 Å². The number of rotatable bonds is 3. The highest BCUT2D eigenvalue weighted by Crippen LogP contribution is 2.12. The molecule has 0 aromatic heterocycles. The Morgan fingerprint density at radius 1 is 1.67 bits per heavy atom. The van der Waals surface area contributed by atoms with Gasteiger partial charge in [0.25, 0.3) is 0 Å². The number of carbonyl (C=O) groups is 1. The summed E-state index contributed by atoms with van der Waals surface area (Å²) in [5.74, 6) is 0. The highest BCUT2D eigenvalue weighted by molar-refractivity contribution is 7.87. The van der Waals surface area contributed by atoms with E-state index >= 15 is 0 Å². The lowest BCUT2D eigenvalue weighted by Gasteiger charge is -2.15. The molecule has 0 aromatic carbocycles. The Kier molecular flexibility index (Phi) is 3.89. The van der Waals surface area contributed by atoms with Gasteiger partial charge in [-0.1, -0.05) is 0 Å². The van der Waals surface area contributed by atoms with Gasteiger partial charge in [-0.3, -0.25) is 0 Å². The molecular formula is C7H14N2O5S. The standard InChI is InChI=1S/C7H14N2O5S/c1-2-14-7(11)8-15(12,13)9-4-3-6(10)5-9/h6,10H,2-5H2,1H3,(H,8,11)/t6-/m0/s1. The maximum atomic E-state index is 11.5. The van der Waals surface area contributed by atoms with Gasteiger partial charge in [-0.2, -0.15) is 12.7 Å². The van der Waals surface area contributed by atoms with E-state index in [0.717, 1.165) is 4.31 Å². The molecule has 0 aromatic rings. The second kappa shape index (κ2) is 4.77. The number of carbonyl (C=O) groups excluding carboxylic acids is 1. The number of amides is 1. The summed E-state index contributed by atoms with van der Waals surface area (Å²) in [7, 11) is -3.87. The second-order valence-corrected chi connectivity index (χ2v) is 4.80. The van der Waals surface area contributed by atoms with Gasteiger partial charge in [0.05, 0.1) is 12.7 Å². The molecule has 1 aliphatic heterocycles. The molecule has 0 unspecified atom stereocenters. The molecule has 15 heavy (non-hydrogen) atoms. The summed E-state index contributed by atoms with van der Waals surface area (Å²) in [5.41, 5.74) is 0. The maximum Gasteiger partial charge on any atom is 0.421 e. The van der Waals surface area contributed by atoms with Crippen LogP contribution in [0.1, 0.15) is 13.3 Å². The third kappa shape index (κ3) is 3.33. The number of nitrogens with one attached hydrogen (secondary N) is 1. The quantitative estimate of drug-likeness (QED) is 0.660. The highest BCUT2D eigenvalue weighted by atomic mass is 32.2. The van der Waals surface area contributed by atoms with Crippen LogP contribution in [0.4, 0.5) is 4.79 Å². The summed E-state index contributed by atoms with van der Waals surface area (Å²) in [4.78, 5) is 10.9. The van der Waals surface area contributed by atoms with Crippen molar-refractivity contribution >= 4 is 16.3 Å². The molecule has 1 rings (SSSR count). The van der Waals surface area contributed by atoms with Crippen LogP contribution in [0.15, 0.2) is 0 Å². The van der Waals surface area contributed by atoms with Crippen molar-refractivity contribution in [1.82, 2.24) is 9.03 Å². The van der Waals surface area contributed by atoms with Gasteiger partial charge < -0.3 is 9.84 Å². The van der Waals surface area contributed by atoms with E-state index in [9.17, 15) is 13.2 Å². The lowest BCUT2D eigenvalue weighted by molar-refractivity contribution is 0.157. The molecule has 0 bridgehead atoms. The van der Waals surface area contributed by atoms with Gasteiger partial charge in [0.2, 0.25) is 0 Å². The summed E-state index contributed by atoms with van der Waals surface area (Å²) in [6.45, 7) is 1.89. The fraction of sp³-hybridized carbons (Fsp3) is 0.857. The van der Waals surface area contributed by atoms with Crippen molar-refractivity contribution in [3.05, 3.63) is 0 Å². The van der Waals surface area contributed by atoms with Crippen LogP contribution in [0.3, 0.4) is 0 Å². The van der Waals surface area contributed by atoms with E-state index in [1.165, 1.54) is 0 Å². The molecule has 0 radical (unpaired) electrons. The first-order valence-corrected chi connectivity index (χ1v) is 6.02. The maximum absolute atomic E-state index is 11.5. The third-order valence-electron chi connectivity index (χ3n) is 1.95. The minimum absolute atomic E-state index is 0.00867. The van der Waals surface area contributed by atoms with Crippen molar-refractivity contribution in [2.75, 3.05) is 19.7 Å². The van der Waals surface area contributed by atoms with E-state index in [2.05, 4.69) is 4.74 Å². The zero-order valence-corrected chi connectivity index (χ0v) is 9.16. The number of ether oxygens (including phenoxy) is 1. The first-order chi connectivity index (χ1) is 6.95. The Balaban J connectivity index is 2.56. The molecule has 1 atom stereocenters. The van der Waals surface area contributed by atoms with E-state index in [1.54, 1.807) is 11.6 Å². The van der Waals surface area contributed by atoms with Crippen molar-refractivity contribution in [3.63, 3.8) is 0 Å². The van der Waals surface area contributed by atoms with Crippen molar-refractivity contribution in [3.8, 4) is 0 Å². The summed E-state index contributed by atoms with van der Waals surface area (Å²) < 4.78 is 30.1. The largest absolute Gasteiger partial charge is 0.449 e. The minimum atomic E-state index is -3.87. The van der Waals surface area contributed by atoms with Gasteiger partial charge >= 0.3 is 16.3 Å². The lowest BCUT2D eigenvalue weighted by atomic mass is 10.3. The van der Waals surface area contributed by atoms with Gasteiger partial charge in [-0.05, 0) is 13.3 Å². The molecule has 0 aliphatic carbocycles. The topological polar surface area (TPSA) is 95.9 Å². The van der Waals surface area contributed by atoms with Gasteiger partial charge in [0.1, 0.15) is 0 Å². The van der Waals surface area contributed by atoms with Gasteiger partial charge in [0, 0.05) is 13.1 Å². The molecule has 2 N–H and O–H groups in total. The van der Waals surface area contributed by atoms with E-state index in [4.69, 9.17) is 5.11 Å². The molecule has 1 amide bonds. The van der Waals surface area contributed by atoms with Gasteiger partial charge in [-0.25, -0.2) is 9.52 Å². The molecule has 7 nitrogen and oxygen atoms in total. The molecule has 1 fully saturated rings. The first-order valence-electron chi connectivity index (χ1n) is 4.58. The number of β-amino-alcohol motifs (C(OH)–C–C–N with tert-alkyl or cyclic N) is 1. The molecule has 8 heteroatoms. The van der Waals surface area contributed by atoms with Crippen LogP contribution in [-0.4, -0.2) is 49.7 Å². The average Bonchev–Trinajstić information content (AvgIpc) is 2.51. The van der Waals surface area contributed by atoms with E-state index < -0.39 is 22.4 Å². The molecule has 1 saturated heterocycles. The fourth-order valence-electron chi connectivity index (χ4n) is 1.26. The number of aliphatic hydroxyl groups excluding tert-OH is 1. The van der Waals surface area contributed by atoms with Gasteiger partial charge in [-0.15, -0.1) is 0 Å². The summed E-state index contributed by atoms with van der Waals surface area (Å²) >= 11 is 0. The smallest absolute Gasteiger partial charge is 0.421 e. The second-order valence-electron chi connectivity index (χ2n) is 3.13. The zero-order valence-electron chi connectivity index (χ0n) is 8.34. The van der Waals surface area contributed by atoms with Crippen molar-refractivity contribution < 1.29 is 23.1 Å². The number of hydrogen-bond donors (Lipinski definition) is 2. The molecule has 0 spiro atoms. The van der Waals surface area contributed by atoms with Crippen molar-refractivity contribution in [2.45, 2.75) is 19.4 Å². The van der Waals surface area contributed by atoms with Crippen LogP contribution >= 0.6 is 0 Å². The molecular weight excluding hydrogens is 224 g/mol. The first kappa shape index (κ1) is 12.2. The number of nitrogens with zero attached hydrogens (tertiary/aromatic N) is 1. The van der Waals surface area contributed by atoms with Crippen LogP contribution in [-0.2, 0) is 14.9 Å². The van der Waals surface area contributed by atoms with Crippen LogP contribution in [0.5, 0.6) is 0 Å². The summed E-state index contributed by atoms with van der Waals surface area (Å²) in [6, 6.07) is 0. The average molecular weight is 238 g/mol. The van der Waals surface area contributed by atoms with E-state index in [1.807, 2.05) is 0 Å². The molecule has 88 valence electrons. The fourth-order valence-corrected chi connectivity index (χ4v) is 2.37. The Bertz CT molecular complexity index is 328. The van der Waals surface area contributed by atoms with Crippen LogP contribution in [0, 0.1) is 0 Å². The number of aliphatic hydroxyl groups is 1. The van der Waals surface area contributed by atoms with E-state index in [0.29, 0.717) is 6.42 Å². The number of hydrogen-bond acceptors (Lipinski definition) is 5. The monoisotopic (exact) mass is 238 g/mol. The minimum Gasteiger partial charge on any atom is -0.449 e. The van der Waals surface area contributed by atoms with E-state index in [-0.39, 0.29) is 19.7 Å². The van der Waals surface area contributed by atoms with Crippen LogP contribution < -0.4 is 4.72 Å². The molecule has 1 heterocycles. The zero-order chi connectivity index (χ0) is 11.5. The normalized spacial score (nSPS) is 22.7. The van der Waals surface area contributed by atoms with Crippen LogP contribution in [0.2, 0.25) is 0 Å². The SMILES string of the molecule is CCOC(=O)NS(=O)(=O)N1CC[C@H](O)C1. The lowest BCUT2D eigenvalue weighted by Crippen LogP contribution is -2.42. The Morgan fingerprint density at radius 2 is 2.33 bits per heavy atom.